The zero-order chi connectivity index (χ0) is 2.71. The highest BCUT2D eigenvalue weighted by molar-refractivity contribution is 7.36. The molecule has 0 saturated carbocycles. The summed E-state index contributed by atoms with van der Waals surface area (Å²) in [4.78, 5) is 0. The van der Waals surface area contributed by atoms with Crippen molar-refractivity contribution in [3.8, 4) is 0 Å². The van der Waals surface area contributed by atoms with Crippen molar-refractivity contribution in [1.82, 2.24) is 0 Å². The lowest BCUT2D eigenvalue weighted by atomic mass is 10.8. The van der Waals surface area contributed by atoms with Gasteiger partial charge in [-0.15, -0.1) is 18.5 Å². The average molecular weight is 93.8 g/mol. The molecule has 0 heterocycles. The molecule has 4 heavy (non-hydrogen) atoms. The molecule has 0 nitrogen and oxygen atoms in total. The summed E-state index contributed by atoms with van der Waals surface area (Å²) in [5.41, 5.74) is 0. The van der Waals surface area contributed by atoms with Gasteiger partial charge in [-0.2, -0.15) is 0 Å². The summed E-state index contributed by atoms with van der Waals surface area (Å²) in [6, 6.07) is 0. The van der Waals surface area contributed by atoms with E-state index in [0.717, 1.165) is 5.90 Å². The first kappa shape index (κ1) is 8.87. The largest absolute Gasteiger partial charge is 0.134 e. The van der Waals surface area contributed by atoms with Crippen molar-refractivity contribution in [3.63, 3.8) is 0 Å². The predicted molar refractivity (Wildman–Crippen MR) is 34.2 cm³/mol. The van der Waals surface area contributed by atoms with Crippen LogP contribution in [0.15, 0.2) is 0 Å². The molecule has 26 valence electrons. The fourth-order valence-electron chi connectivity index (χ4n) is 0. The van der Waals surface area contributed by atoms with E-state index in [1.54, 1.807) is 0 Å². The maximum atomic E-state index is 2.54. The first-order valence-electron chi connectivity index (χ1n) is 0.816. The molecule has 0 aliphatic rings. The van der Waals surface area contributed by atoms with Crippen LogP contribution in [0.4, 0.5) is 0 Å². The molecule has 0 saturated heterocycles. The summed E-state index contributed by atoms with van der Waals surface area (Å²) in [5.74, 6) is 1.08. The molecule has 0 aliphatic heterocycles. The normalized spacial score (nSPS) is 4.50. The van der Waals surface area contributed by atoms with Gasteiger partial charge in [0.1, 0.15) is 0 Å². The van der Waals surface area contributed by atoms with Gasteiger partial charge in [-0.1, -0.05) is 0 Å². The van der Waals surface area contributed by atoms with E-state index in [2.05, 4.69) is 18.5 Å². The molecule has 2 atom stereocenters. The van der Waals surface area contributed by atoms with Crippen LogP contribution in [0.5, 0.6) is 0 Å². The third-order valence-corrected chi connectivity index (χ3v) is 0. The Morgan fingerprint density at radius 1 is 1.25 bits per heavy atom. The Bertz CT molecular complexity index is 6.00. The second kappa shape index (κ2) is 9.06. The van der Waals surface area contributed by atoms with Gasteiger partial charge >= 0.3 is 0 Å². The van der Waals surface area contributed by atoms with E-state index in [4.69, 9.17) is 0 Å². The molecule has 0 aromatic carbocycles. The lowest BCUT2D eigenvalue weighted by molar-refractivity contribution is 2.32. The maximum absolute atomic E-state index is 2.54. The minimum absolute atomic E-state index is 0. The quantitative estimate of drug-likeness (QED) is 0.280. The molecule has 0 aromatic heterocycles. The van der Waals surface area contributed by atoms with Crippen molar-refractivity contribution in [2.75, 3.05) is 5.90 Å². The van der Waals surface area contributed by atoms with Crippen LogP contribution in [0, 0.1) is 0 Å². The summed E-state index contributed by atoms with van der Waals surface area (Å²) in [7, 11) is 5.08. The molecule has 2 unspecified atom stereocenters. The fraction of sp³-hybridized carbons (Fsp3) is 1.00. The molecule has 0 bridgehead atoms. The summed E-state index contributed by atoms with van der Waals surface area (Å²) >= 11 is 0. The number of hydrogen-bond donors (Lipinski definition) is 0. The van der Waals surface area contributed by atoms with Gasteiger partial charge in [-0.25, -0.2) is 0 Å². The van der Waals surface area contributed by atoms with E-state index in [1.165, 1.54) is 0 Å². The average Bonchev–Trinajstić information content (AvgIpc) is 0.918. The van der Waals surface area contributed by atoms with Crippen molar-refractivity contribution >= 4 is 26.9 Å². The standard InChI is InChI=1S/CH6P2.BH3/c2-1-3;/h1-3H2;1H3. The van der Waals surface area contributed by atoms with E-state index in [9.17, 15) is 0 Å². The van der Waals surface area contributed by atoms with E-state index < -0.39 is 0 Å². The Hall–Kier alpha value is 0.925. The fourth-order valence-corrected chi connectivity index (χ4v) is 0. The zero-order valence-corrected chi connectivity index (χ0v) is 4.17. The minimum atomic E-state index is 0. The molecule has 0 N–H and O–H groups in total. The van der Waals surface area contributed by atoms with Crippen molar-refractivity contribution in [3.05, 3.63) is 0 Å². The van der Waals surface area contributed by atoms with Gasteiger partial charge in [0, 0.05) is 0 Å². The Morgan fingerprint density at radius 3 is 1.25 bits per heavy atom. The summed E-state index contributed by atoms with van der Waals surface area (Å²) in [6.07, 6.45) is 0. The number of hydrogen-bond acceptors (Lipinski definition) is 0. The lowest BCUT2D eigenvalue weighted by Gasteiger charge is -1.49. The van der Waals surface area contributed by atoms with Crippen molar-refractivity contribution in [2.24, 2.45) is 0 Å². The molecular formula is CH9BP2. The van der Waals surface area contributed by atoms with E-state index >= 15 is 0 Å². The second-order valence-corrected chi connectivity index (χ2v) is 2.12. The first-order valence-corrected chi connectivity index (χ1v) is 2.45. The molecule has 0 spiro atoms. The van der Waals surface area contributed by atoms with Gasteiger partial charge in [-0.3, -0.25) is 0 Å². The van der Waals surface area contributed by atoms with Gasteiger partial charge in [0.15, 0.2) is 0 Å². The molecule has 0 radical (unpaired) electrons. The maximum Gasteiger partial charge on any atom is 0.0814 e. The first-order chi connectivity index (χ1) is 1.41. The molecule has 0 aliphatic carbocycles. The predicted octanol–water partition coefficient (Wildman–Crippen LogP) is -0.490. The molecule has 0 fully saturated rings. The Kier molecular flexibility index (Phi) is 20.1. The Balaban J connectivity index is 0. The zero-order valence-electron chi connectivity index (χ0n) is 1.86. The van der Waals surface area contributed by atoms with Crippen molar-refractivity contribution < 1.29 is 0 Å². The van der Waals surface area contributed by atoms with Crippen LogP contribution in [-0.4, -0.2) is 14.3 Å². The van der Waals surface area contributed by atoms with Crippen LogP contribution < -0.4 is 0 Å². The van der Waals surface area contributed by atoms with Crippen LogP contribution >= 0.6 is 18.5 Å². The smallest absolute Gasteiger partial charge is 0.0814 e. The topological polar surface area (TPSA) is 0 Å². The minimum Gasteiger partial charge on any atom is -0.134 e. The van der Waals surface area contributed by atoms with Gasteiger partial charge in [0.25, 0.3) is 0 Å². The lowest BCUT2D eigenvalue weighted by Crippen LogP contribution is -1.18. The van der Waals surface area contributed by atoms with Gasteiger partial charge in [0.05, 0.1) is 8.41 Å². The van der Waals surface area contributed by atoms with Crippen LogP contribution in [0.25, 0.3) is 0 Å². The molecule has 0 aromatic rings. The molecular weight excluding hydrogens is 84.8 g/mol. The van der Waals surface area contributed by atoms with Gasteiger partial charge < -0.3 is 0 Å². The van der Waals surface area contributed by atoms with E-state index in [1.807, 2.05) is 0 Å². The molecule has 3 heteroatoms. The van der Waals surface area contributed by atoms with Crippen molar-refractivity contribution in [2.45, 2.75) is 0 Å². The van der Waals surface area contributed by atoms with Crippen LogP contribution in [-0.2, 0) is 0 Å². The van der Waals surface area contributed by atoms with E-state index in [-0.39, 0.29) is 8.41 Å². The summed E-state index contributed by atoms with van der Waals surface area (Å²) in [5, 5.41) is 0. The number of rotatable bonds is 0. The summed E-state index contributed by atoms with van der Waals surface area (Å²) in [6.45, 7) is 0. The van der Waals surface area contributed by atoms with Crippen LogP contribution in [0.1, 0.15) is 0 Å². The molecule has 0 rings (SSSR count). The highest BCUT2D eigenvalue weighted by Gasteiger charge is 1.34. The monoisotopic (exact) mass is 94.0 g/mol. The highest BCUT2D eigenvalue weighted by Crippen LogP contribution is 1.84. The van der Waals surface area contributed by atoms with Gasteiger partial charge in [-0.05, 0) is 5.90 Å². The van der Waals surface area contributed by atoms with Crippen molar-refractivity contribution in [1.29, 1.82) is 0 Å². The molecule has 0 amide bonds. The third-order valence-electron chi connectivity index (χ3n) is 0. The van der Waals surface area contributed by atoms with E-state index in [0.29, 0.717) is 0 Å². The third kappa shape index (κ3) is 12.7. The van der Waals surface area contributed by atoms with Crippen LogP contribution in [0.3, 0.4) is 0 Å². The Morgan fingerprint density at radius 2 is 1.25 bits per heavy atom. The SMILES string of the molecule is B.PCP. The Labute approximate surface area is 33.7 Å². The highest BCUT2D eigenvalue weighted by atomic mass is 31.1. The van der Waals surface area contributed by atoms with Gasteiger partial charge in [0.2, 0.25) is 0 Å². The second-order valence-electron chi connectivity index (χ2n) is 0.236. The summed E-state index contributed by atoms with van der Waals surface area (Å²) < 4.78 is 0. The van der Waals surface area contributed by atoms with Crippen LogP contribution in [0.2, 0.25) is 0 Å².